The maximum atomic E-state index is 4.22. The molecule has 0 fully saturated rings. The Morgan fingerprint density at radius 3 is 3.33 bits per heavy atom. The number of allylic oxidation sites excluding steroid dienone is 1. The van der Waals surface area contributed by atoms with E-state index in [1.807, 2.05) is 18.6 Å². The van der Waals surface area contributed by atoms with Gasteiger partial charge in [-0.15, -0.1) is 12.6 Å². The Balaban J connectivity index is 2.55. The molecule has 9 heavy (non-hydrogen) atoms. The molecule has 0 unspecified atom stereocenters. The zero-order valence-electron chi connectivity index (χ0n) is 4.78. The van der Waals surface area contributed by atoms with Crippen molar-refractivity contribution < 1.29 is 0 Å². The van der Waals surface area contributed by atoms with E-state index in [1.54, 1.807) is 0 Å². The summed E-state index contributed by atoms with van der Waals surface area (Å²) in [5.41, 5.74) is 1.15. The van der Waals surface area contributed by atoms with Crippen molar-refractivity contribution in [2.24, 2.45) is 0 Å². The third-order valence-corrected chi connectivity index (χ3v) is 1.66. The van der Waals surface area contributed by atoms with E-state index in [2.05, 4.69) is 22.2 Å². The van der Waals surface area contributed by atoms with Crippen molar-refractivity contribution in [2.45, 2.75) is 6.54 Å². The number of nitrogens with zero attached hydrogens (tertiary/aromatic N) is 2. The molecule has 0 amide bonds. The summed E-state index contributed by atoms with van der Waals surface area (Å²) in [5, 5.41) is 0. The van der Waals surface area contributed by atoms with Gasteiger partial charge in [-0.3, -0.25) is 0 Å². The van der Waals surface area contributed by atoms with Gasteiger partial charge in [-0.25, -0.2) is 4.98 Å². The number of hydrogen-bond acceptors (Lipinski definition) is 2. The summed E-state index contributed by atoms with van der Waals surface area (Å²) in [6.07, 6.45) is 5.67. The Morgan fingerprint density at radius 1 is 1.67 bits per heavy atom. The molecule has 1 aliphatic rings. The maximum absolute atomic E-state index is 4.22. The van der Waals surface area contributed by atoms with Crippen molar-refractivity contribution in [2.75, 3.05) is 0 Å². The van der Waals surface area contributed by atoms with E-state index >= 15 is 0 Å². The Hall–Kier alpha value is -0.700. The Kier molecular flexibility index (Phi) is 0.931. The van der Waals surface area contributed by atoms with Gasteiger partial charge in [0.25, 0.3) is 0 Å². The molecule has 46 valence electrons. The first-order valence-corrected chi connectivity index (χ1v) is 3.20. The average Bonchev–Trinajstić information content (AvgIpc) is 2.22. The highest BCUT2D eigenvalue weighted by Crippen LogP contribution is 2.18. The SMILES string of the molecule is SC1=Cc2cncn2C1. The first-order chi connectivity index (χ1) is 4.36. The van der Waals surface area contributed by atoms with Crippen molar-refractivity contribution in [1.82, 2.24) is 9.55 Å². The second kappa shape index (κ2) is 1.64. The summed E-state index contributed by atoms with van der Waals surface area (Å²) in [7, 11) is 0. The van der Waals surface area contributed by atoms with Crippen LogP contribution < -0.4 is 0 Å². The van der Waals surface area contributed by atoms with Crippen LogP contribution in [-0.4, -0.2) is 9.55 Å². The second-order valence-electron chi connectivity index (χ2n) is 2.08. The fourth-order valence-electron chi connectivity index (χ4n) is 0.974. The Bertz CT molecular complexity index is 262. The zero-order valence-corrected chi connectivity index (χ0v) is 5.68. The summed E-state index contributed by atoms with van der Waals surface area (Å²) in [6, 6.07) is 0. The van der Waals surface area contributed by atoms with E-state index in [0.29, 0.717) is 0 Å². The van der Waals surface area contributed by atoms with Crippen LogP contribution in [0.1, 0.15) is 5.69 Å². The van der Waals surface area contributed by atoms with Gasteiger partial charge in [0.15, 0.2) is 0 Å². The molecule has 0 aromatic carbocycles. The molecule has 2 nitrogen and oxygen atoms in total. The van der Waals surface area contributed by atoms with Crippen molar-refractivity contribution in [3.05, 3.63) is 23.1 Å². The van der Waals surface area contributed by atoms with Crippen LogP contribution in [0.3, 0.4) is 0 Å². The lowest BCUT2D eigenvalue weighted by molar-refractivity contribution is 0.830. The molecule has 3 heteroatoms. The van der Waals surface area contributed by atoms with E-state index < -0.39 is 0 Å². The lowest BCUT2D eigenvalue weighted by Crippen LogP contribution is -1.89. The van der Waals surface area contributed by atoms with Gasteiger partial charge in [-0.2, -0.15) is 0 Å². The molecule has 0 saturated carbocycles. The van der Waals surface area contributed by atoms with Gasteiger partial charge >= 0.3 is 0 Å². The van der Waals surface area contributed by atoms with Crippen molar-refractivity contribution >= 4 is 18.7 Å². The van der Waals surface area contributed by atoms with Crippen LogP contribution in [0.4, 0.5) is 0 Å². The van der Waals surface area contributed by atoms with Gasteiger partial charge in [0.05, 0.1) is 24.8 Å². The molecule has 0 atom stereocenters. The van der Waals surface area contributed by atoms with Crippen molar-refractivity contribution in [1.29, 1.82) is 0 Å². The highest BCUT2D eigenvalue weighted by Gasteiger charge is 2.06. The molecule has 2 rings (SSSR count). The van der Waals surface area contributed by atoms with Crippen LogP contribution in [0.5, 0.6) is 0 Å². The number of rotatable bonds is 0. The van der Waals surface area contributed by atoms with Crippen LogP contribution in [0.15, 0.2) is 17.4 Å². The van der Waals surface area contributed by atoms with Gasteiger partial charge < -0.3 is 4.57 Å². The summed E-state index contributed by atoms with van der Waals surface area (Å²) in [5.74, 6) is 0. The van der Waals surface area contributed by atoms with Gasteiger partial charge in [0.1, 0.15) is 0 Å². The Labute approximate surface area is 58.6 Å². The molecular formula is C6H6N2S. The Morgan fingerprint density at radius 2 is 2.56 bits per heavy atom. The topological polar surface area (TPSA) is 17.8 Å². The van der Waals surface area contributed by atoms with Crippen LogP contribution in [0, 0.1) is 0 Å². The molecule has 0 spiro atoms. The highest BCUT2D eigenvalue weighted by molar-refractivity contribution is 7.84. The van der Waals surface area contributed by atoms with Crippen LogP contribution >= 0.6 is 12.6 Å². The van der Waals surface area contributed by atoms with E-state index in [0.717, 1.165) is 17.1 Å². The normalized spacial score (nSPS) is 15.4. The number of imidazole rings is 1. The molecule has 2 heterocycles. The smallest absolute Gasteiger partial charge is 0.0954 e. The van der Waals surface area contributed by atoms with Gasteiger partial charge in [0.2, 0.25) is 0 Å². The standard InChI is InChI=1S/C6H6N2S/c9-6-1-5-2-7-4-8(5)3-6/h1-2,4,9H,3H2. The first-order valence-electron chi connectivity index (χ1n) is 2.76. The average molecular weight is 138 g/mol. The van der Waals surface area contributed by atoms with Crippen molar-refractivity contribution in [3.63, 3.8) is 0 Å². The third-order valence-electron chi connectivity index (χ3n) is 1.39. The largest absolute Gasteiger partial charge is 0.326 e. The fraction of sp³-hybridized carbons (Fsp3) is 0.167. The van der Waals surface area contributed by atoms with Gasteiger partial charge in [-0.1, -0.05) is 0 Å². The first kappa shape index (κ1) is 5.11. The predicted molar refractivity (Wildman–Crippen MR) is 39.2 cm³/mol. The quantitative estimate of drug-likeness (QED) is 0.533. The summed E-state index contributed by atoms with van der Waals surface area (Å²) >= 11 is 4.22. The van der Waals surface area contributed by atoms with Crippen LogP contribution in [0.25, 0.3) is 6.08 Å². The molecule has 1 aliphatic heterocycles. The van der Waals surface area contributed by atoms with Crippen molar-refractivity contribution in [3.8, 4) is 0 Å². The molecule has 0 saturated heterocycles. The number of hydrogen-bond donors (Lipinski definition) is 1. The molecule has 0 radical (unpaired) electrons. The lowest BCUT2D eigenvalue weighted by atomic mass is 10.5. The monoisotopic (exact) mass is 138 g/mol. The van der Waals surface area contributed by atoms with Gasteiger partial charge in [0, 0.05) is 4.91 Å². The highest BCUT2D eigenvalue weighted by atomic mass is 32.1. The number of fused-ring (bicyclic) bond motifs is 1. The fourth-order valence-corrected chi connectivity index (χ4v) is 1.26. The molecule has 0 N–H and O–H groups in total. The molecule has 0 bridgehead atoms. The molecule has 1 aromatic rings. The number of aromatic nitrogens is 2. The summed E-state index contributed by atoms with van der Waals surface area (Å²) in [4.78, 5) is 5.07. The maximum Gasteiger partial charge on any atom is 0.0954 e. The van der Waals surface area contributed by atoms with Crippen LogP contribution in [0.2, 0.25) is 0 Å². The summed E-state index contributed by atoms with van der Waals surface area (Å²) < 4.78 is 2.06. The van der Waals surface area contributed by atoms with E-state index in [9.17, 15) is 0 Å². The van der Waals surface area contributed by atoms with Crippen LogP contribution in [-0.2, 0) is 6.54 Å². The molecule has 1 aromatic heterocycles. The molecular weight excluding hydrogens is 132 g/mol. The third kappa shape index (κ3) is 0.685. The minimum atomic E-state index is 0.887. The minimum Gasteiger partial charge on any atom is -0.326 e. The summed E-state index contributed by atoms with van der Waals surface area (Å²) in [6.45, 7) is 0.887. The van der Waals surface area contributed by atoms with E-state index in [4.69, 9.17) is 0 Å². The number of thiol groups is 1. The lowest BCUT2D eigenvalue weighted by Gasteiger charge is -1.91. The van der Waals surface area contributed by atoms with Gasteiger partial charge in [-0.05, 0) is 6.08 Å². The minimum absolute atomic E-state index is 0.887. The second-order valence-corrected chi connectivity index (χ2v) is 2.66. The predicted octanol–water partition coefficient (Wildman–Crippen LogP) is 1.17. The van der Waals surface area contributed by atoms with E-state index in [1.165, 1.54) is 0 Å². The molecule has 0 aliphatic carbocycles. The zero-order chi connectivity index (χ0) is 6.27. The van der Waals surface area contributed by atoms with E-state index in [-0.39, 0.29) is 0 Å².